The molecule has 0 unspecified atom stereocenters. The van der Waals surface area contributed by atoms with E-state index in [-0.39, 0.29) is 35.3 Å². The van der Waals surface area contributed by atoms with Crippen molar-refractivity contribution in [2.45, 2.75) is 55.2 Å². The minimum atomic E-state index is -3.32. The lowest BCUT2D eigenvalue weighted by molar-refractivity contribution is 0.0275. The first-order valence-corrected chi connectivity index (χ1v) is 14.2. The average Bonchev–Trinajstić information content (AvgIpc) is 2.59. The van der Waals surface area contributed by atoms with Gasteiger partial charge in [-0.15, -0.1) is 24.8 Å². The highest BCUT2D eigenvalue weighted by Crippen LogP contribution is 2.22. The fourth-order valence-corrected chi connectivity index (χ4v) is 6.44. The number of nitrogens with zero attached hydrogens (tertiary/aromatic N) is 3. The van der Waals surface area contributed by atoms with Crippen molar-refractivity contribution in [1.82, 2.24) is 20.0 Å². The molecule has 0 atom stereocenters. The number of nitrogens with two attached hydrogens (primary N) is 2. The molecule has 32 heavy (non-hydrogen) atoms. The molecule has 4 rings (SSSR count). The number of likely N-dealkylation sites (N-methyl/N-ethyl adjacent to an activating group) is 1. The Bertz CT molecular complexity index is 762. The number of nitrogens with one attached hydrogen (secondary N) is 1. The van der Waals surface area contributed by atoms with E-state index in [1.807, 2.05) is 0 Å². The molecular formula is C18H40Cl2N6O4S2. The molecule has 0 saturated carbocycles. The first kappa shape index (κ1) is 30.3. The molecule has 0 aromatic heterocycles. The highest BCUT2D eigenvalue weighted by Gasteiger charge is 2.35. The fourth-order valence-electron chi connectivity index (χ4n) is 4.70. The molecule has 5 N–H and O–H groups in total. The summed E-state index contributed by atoms with van der Waals surface area (Å²) in [5.41, 5.74) is 0. The molecular weight excluding hydrogens is 499 g/mol. The van der Waals surface area contributed by atoms with Crippen LogP contribution in [0, 0.1) is 0 Å². The minimum absolute atomic E-state index is 0. The van der Waals surface area contributed by atoms with Gasteiger partial charge >= 0.3 is 0 Å². The SMILES string of the molecule is CCN1CC(N2CCC(S(N)(=O)=O)CC2)C1.Cl.Cl.NS(=O)(=O)C1CCN(C2CNC2)CC1. The third kappa shape index (κ3) is 8.17. The quantitative estimate of drug-likeness (QED) is 0.404. The lowest BCUT2D eigenvalue weighted by atomic mass is 10.0. The molecule has 0 amide bonds. The van der Waals surface area contributed by atoms with E-state index in [2.05, 4.69) is 26.9 Å². The van der Waals surface area contributed by atoms with Crippen LogP contribution in [0.1, 0.15) is 32.6 Å². The second-order valence-electron chi connectivity index (χ2n) is 8.97. The maximum Gasteiger partial charge on any atom is 0.212 e. The van der Waals surface area contributed by atoms with Crippen molar-refractivity contribution >= 4 is 44.9 Å². The van der Waals surface area contributed by atoms with Crippen molar-refractivity contribution in [2.24, 2.45) is 10.3 Å². The molecule has 0 bridgehead atoms. The number of sulfonamides is 2. The molecule has 4 heterocycles. The number of hydrogen-bond donors (Lipinski definition) is 3. The Morgan fingerprint density at radius 1 is 0.750 bits per heavy atom. The number of rotatable bonds is 5. The van der Waals surface area contributed by atoms with Crippen LogP contribution >= 0.6 is 24.8 Å². The van der Waals surface area contributed by atoms with Crippen LogP contribution in [0.15, 0.2) is 0 Å². The van der Waals surface area contributed by atoms with Gasteiger partial charge < -0.3 is 10.2 Å². The van der Waals surface area contributed by atoms with Crippen molar-refractivity contribution in [3.8, 4) is 0 Å². The van der Waals surface area contributed by atoms with E-state index in [4.69, 9.17) is 10.3 Å². The van der Waals surface area contributed by atoms with Crippen molar-refractivity contribution in [1.29, 1.82) is 0 Å². The molecule has 0 radical (unpaired) electrons. The lowest BCUT2D eigenvalue weighted by Gasteiger charge is -2.47. The van der Waals surface area contributed by atoms with E-state index in [1.165, 1.54) is 0 Å². The molecule has 4 aliphatic heterocycles. The van der Waals surface area contributed by atoms with Crippen LogP contribution in [0.25, 0.3) is 0 Å². The average molecular weight is 540 g/mol. The van der Waals surface area contributed by atoms with E-state index in [0.29, 0.717) is 37.8 Å². The monoisotopic (exact) mass is 538 g/mol. The second-order valence-corrected chi connectivity index (χ2v) is 12.7. The van der Waals surface area contributed by atoms with Gasteiger partial charge in [-0.25, -0.2) is 27.1 Å². The van der Waals surface area contributed by atoms with Crippen LogP contribution in [0.3, 0.4) is 0 Å². The number of hydrogen-bond acceptors (Lipinski definition) is 8. The first-order chi connectivity index (χ1) is 14.1. The summed E-state index contributed by atoms with van der Waals surface area (Å²) in [5.74, 6) is 0. The normalized spacial score (nSPS) is 25.5. The number of piperidine rings is 2. The van der Waals surface area contributed by atoms with Crippen LogP contribution in [-0.2, 0) is 20.0 Å². The van der Waals surface area contributed by atoms with Crippen LogP contribution in [0.2, 0.25) is 0 Å². The Morgan fingerprint density at radius 2 is 1.12 bits per heavy atom. The summed E-state index contributed by atoms with van der Waals surface area (Å²) in [6.07, 6.45) is 2.77. The maximum absolute atomic E-state index is 11.2. The van der Waals surface area contributed by atoms with E-state index in [1.54, 1.807) is 0 Å². The standard InChI is InChI=1S/C10H21N3O2S.C8H17N3O2S.2ClH/c1-2-12-7-9(8-12)13-5-3-10(4-6-13)16(11,14)15;9-14(12,13)8-1-3-11(4-2-8)7-5-10-6-7;;/h9-10H,2-8H2,1H3,(H2,11,14,15);7-8,10H,1-6H2,(H2,9,12,13);2*1H. The van der Waals surface area contributed by atoms with Crippen LogP contribution in [0.4, 0.5) is 0 Å². The van der Waals surface area contributed by atoms with Gasteiger partial charge in [0, 0.05) is 38.3 Å². The van der Waals surface area contributed by atoms with Crippen LogP contribution in [-0.4, -0.2) is 113 Å². The van der Waals surface area contributed by atoms with Gasteiger partial charge in [-0.05, 0) is 58.4 Å². The van der Waals surface area contributed by atoms with E-state index in [0.717, 1.165) is 58.9 Å². The van der Waals surface area contributed by atoms with Gasteiger partial charge in [0.1, 0.15) is 0 Å². The molecule has 4 fully saturated rings. The Morgan fingerprint density at radius 3 is 1.41 bits per heavy atom. The molecule has 0 aromatic carbocycles. The minimum Gasteiger partial charge on any atom is -0.314 e. The third-order valence-corrected chi connectivity index (χ3v) is 9.86. The maximum atomic E-state index is 11.2. The van der Waals surface area contributed by atoms with E-state index in [9.17, 15) is 16.8 Å². The Balaban J connectivity index is 0.000000303. The van der Waals surface area contributed by atoms with Gasteiger partial charge in [-0.3, -0.25) is 9.80 Å². The zero-order valence-electron chi connectivity index (χ0n) is 18.8. The predicted octanol–water partition coefficient (Wildman–Crippen LogP) is -1.00. The molecule has 10 nitrogen and oxygen atoms in total. The molecule has 4 aliphatic rings. The van der Waals surface area contributed by atoms with Crippen LogP contribution in [0.5, 0.6) is 0 Å². The van der Waals surface area contributed by atoms with Gasteiger partial charge in [-0.1, -0.05) is 6.92 Å². The van der Waals surface area contributed by atoms with Gasteiger partial charge in [0.05, 0.1) is 10.5 Å². The van der Waals surface area contributed by atoms with Gasteiger partial charge in [-0.2, -0.15) is 0 Å². The summed E-state index contributed by atoms with van der Waals surface area (Å²) in [4.78, 5) is 7.17. The summed E-state index contributed by atoms with van der Waals surface area (Å²) in [6, 6.07) is 1.26. The largest absolute Gasteiger partial charge is 0.314 e. The van der Waals surface area contributed by atoms with Crippen molar-refractivity contribution in [3.63, 3.8) is 0 Å². The molecule has 4 saturated heterocycles. The van der Waals surface area contributed by atoms with Crippen molar-refractivity contribution in [3.05, 3.63) is 0 Å². The predicted molar refractivity (Wildman–Crippen MR) is 132 cm³/mol. The molecule has 0 aromatic rings. The molecule has 0 spiro atoms. The number of likely N-dealkylation sites (tertiary alicyclic amines) is 3. The highest BCUT2D eigenvalue weighted by molar-refractivity contribution is 7.90. The number of halogens is 2. The van der Waals surface area contributed by atoms with Crippen molar-refractivity contribution in [2.75, 3.05) is 58.9 Å². The molecule has 192 valence electrons. The highest BCUT2D eigenvalue weighted by atomic mass is 35.5. The zero-order chi connectivity index (χ0) is 21.9. The van der Waals surface area contributed by atoms with Crippen molar-refractivity contribution < 1.29 is 16.8 Å². The fraction of sp³-hybridized carbons (Fsp3) is 1.00. The summed E-state index contributed by atoms with van der Waals surface area (Å²) in [6.45, 7) is 11.1. The van der Waals surface area contributed by atoms with E-state index < -0.39 is 20.0 Å². The smallest absolute Gasteiger partial charge is 0.212 e. The zero-order valence-corrected chi connectivity index (χ0v) is 22.0. The van der Waals surface area contributed by atoms with E-state index >= 15 is 0 Å². The topological polar surface area (TPSA) is 142 Å². The Kier molecular flexibility index (Phi) is 12.1. The Labute approximate surface area is 205 Å². The second kappa shape index (κ2) is 12.8. The summed E-state index contributed by atoms with van der Waals surface area (Å²) >= 11 is 0. The summed E-state index contributed by atoms with van der Waals surface area (Å²) in [7, 11) is -6.62. The Hall–Kier alpha value is 0.240. The third-order valence-electron chi connectivity index (χ3n) is 7.06. The molecule has 14 heteroatoms. The van der Waals surface area contributed by atoms with Gasteiger partial charge in [0.15, 0.2) is 0 Å². The summed E-state index contributed by atoms with van der Waals surface area (Å²) in [5, 5.41) is 12.9. The molecule has 0 aliphatic carbocycles. The lowest BCUT2D eigenvalue weighted by Crippen LogP contribution is -2.61. The summed E-state index contributed by atoms with van der Waals surface area (Å²) < 4.78 is 44.6. The van der Waals surface area contributed by atoms with Gasteiger partial charge in [0.2, 0.25) is 20.0 Å². The first-order valence-electron chi connectivity index (χ1n) is 11.0. The number of primary sulfonamides is 2. The van der Waals surface area contributed by atoms with Gasteiger partial charge in [0.25, 0.3) is 0 Å². The van der Waals surface area contributed by atoms with Crippen LogP contribution < -0.4 is 15.6 Å².